The summed E-state index contributed by atoms with van der Waals surface area (Å²) in [4.78, 5) is 24.4. The Kier molecular flexibility index (Phi) is 7.48. The van der Waals surface area contributed by atoms with Crippen molar-refractivity contribution in [3.05, 3.63) is 64.9 Å². The average Bonchev–Trinajstić information content (AvgIpc) is 3.07. The van der Waals surface area contributed by atoms with E-state index in [4.69, 9.17) is 11.6 Å². The number of aryl methyl sites for hydroxylation is 2. The molecule has 0 unspecified atom stereocenters. The number of hydrogen-bond acceptors (Lipinski definition) is 5. The number of para-hydroxylation sites is 1. The zero-order chi connectivity index (χ0) is 21.5. The fourth-order valence-electron chi connectivity index (χ4n) is 2.74. The number of aromatic nitrogens is 3. The van der Waals surface area contributed by atoms with Crippen molar-refractivity contribution in [2.75, 3.05) is 16.4 Å². The lowest BCUT2D eigenvalue weighted by atomic mass is 10.2. The number of rotatable bonds is 8. The molecule has 2 aromatic carbocycles. The normalized spacial score (nSPS) is 10.6. The molecule has 7 nitrogen and oxygen atoms in total. The van der Waals surface area contributed by atoms with E-state index in [0.717, 1.165) is 16.9 Å². The Hall–Kier alpha value is -2.84. The molecule has 9 heteroatoms. The van der Waals surface area contributed by atoms with Gasteiger partial charge < -0.3 is 15.2 Å². The maximum absolute atomic E-state index is 12.3. The lowest BCUT2D eigenvalue weighted by molar-refractivity contribution is -0.116. The summed E-state index contributed by atoms with van der Waals surface area (Å²) in [6, 6.07) is 14.6. The van der Waals surface area contributed by atoms with Crippen molar-refractivity contribution < 1.29 is 9.59 Å². The minimum Gasteiger partial charge on any atom is -0.326 e. The van der Waals surface area contributed by atoms with Crippen LogP contribution in [0.5, 0.6) is 0 Å². The van der Waals surface area contributed by atoms with Gasteiger partial charge in [-0.1, -0.05) is 41.6 Å². The van der Waals surface area contributed by atoms with Gasteiger partial charge in [-0.05, 0) is 42.8 Å². The number of carbonyl (C=O) groups excluding carboxylic acids is 2. The first-order valence-corrected chi connectivity index (χ1v) is 10.7. The average molecular weight is 444 g/mol. The van der Waals surface area contributed by atoms with Crippen molar-refractivity contribution >= 4 is 46.6 Å². The standard InChI is InChI=1S/C21H22ClN5O2S/c1-14-12-15(22)8-9-17(14)24-20(29)13-30-21-26-25-18(27(21)2)10-11-19(28)23-16-6-4-3-5-7-16/h3-9,12H,10-11,13H2,1-2H3,(H,23,28)(H,24,29). The molecule has 156 valence electrons. The largest absolute Gasteiger partial charge is 0.326 e. The van der Waals surface area contributed by atoms with Crippen LogP contribution >= 0.6 is 23.4 Å². The van der Waals surface area contributed by atoms with Gasteiger partial charge in [-0.15, -0.1) is 10.2 Å². The van der Waals surface area contributed by atoms with Gasteiger partial charge in [0.2, 0.25) is 11.8 Å². The van der Waals surface area contributed by atoms with Gasteiger partial charge in [0, 0.05) is 36.3 Å². The molecular formula is C21H22ClN5O2S. The van der Waals surface area contributed by atoms with Gasteiger partial charge in [0.05, 0.1) is 5.75 Å². The predicted octanol–water partition coefficient (Wildman–Crippen LogP) is 4.08. The zero-order valence-corrected chi connectivity index (χ0v) is 18.3. The second-order valence-corrected chi connectivity index (χ2v) is 8.05. The van der Waals surface area contributed by atoms with Gasteiger partial charge in [0.1, 0.15) is 5.82 Å². The molecule has 0 atom stereocenters. The molecule has 30 heavy (non-hydrogen) atoms. The van der Waals surface area contributed by atoms with E-state index >= 15 is 0 Å². The van der Waals surface area contributed by atoms with Crippen LogP contribution < -0.4 is 10.6 Å². The van der Waals surface area contributed by atoms with E-state index in [1.54, 1.807) is 22.8 Å². The Labute approximate surface area is 184 Å². The Bertz CT molecular complexity index is 1040. The molecule has 2 amide bonds. The van der Waals surface area contributed by atoms with Crippen LogP contribution in [0.3, 0.4) is 0 Å². The van der Waals surface area contributed by atoms with E-state index in [1.807, 2.05) is 44.3 Å². The van der Waals surface area contributed by atoms with Crippen LogP contribution in [0, 0.1) is 6.92 Å². The molecule has 1 heterocycles. The summed E-state index contributed by atoms with van der Waals surface area (Å²) in [5.74, 6) is 0.658. The van der Waals surface area contributed by atoms with Crippen LogP contribution in [0.15, 0.2) is 53.7 Å². The monoisotopic (exact) mass is 443 g/mol. The van der Waals surface area contributed by atoms with E-state index in [2.05, 4.69) is 20.8 Å². The number of thioether (sulfide) groups is 1. The summed E-state index contributed by atoms with van der Waals surface area (Å²) >= 11 is 7.23. The maximum Gasteiger partial charge on any atom is 0.234 e. The summed E-state index contributed by atoms with van der Waals surface area (Å²) in [7, 11) is 1.83. The van der Waals surface area contributed by atoms with Gasteiger partial charge in [-0.3, -0.25) is 9.59 Å². The quantitative estimate of drug-likeness (QED) is 0.512. The van der Waals surface area contributed by atoms with E-state index in [-0.39, 0.29) is 17.6 Å². The fraction of sp³-hybridized carbons (Fsp3) is 0.238. The molecule has 3 aromatic rings. The van der Waals surface area contributed by atoms with Gasteiger partial charge in [0.25, 0.3) is 0 Å². The summed E-state index contributed by atoms with van der Waals surface area (Å²) in [5, 5.41) is 15.2. The van der Waals surface area contributed by atoms with Crippen molar-refractivity contribution in [3.8, 4) is 0 Å². The summed E-state index contributed by atoms with van der Waals surface area (Å²) in [6.07, 6.45) is 0.751. The highest BCUT2D eigenvalue weighted by atomic mass is 35.5. The molecule has 0 radical (unpaired) electrons. The third kappa shape index (κ3) is 6.08. The van der Waals surface area contributed by atoms with Crippen LogP contribution in [-0.4, -0.2) is 32.3 Å². The van der Waals surface area contributed by atoms with Crippen LogP contribution in [0.4, 0.5) is 11.4 Å². The van der Waals surface area contributed by atoms with Crippen molar-refractivity contribution in [1.29, 1.82) is 0 Å². The summed E-state index contributed by atoms with van der Waals surface area (Å²) < 4.78 is 1.81. The first-order chi connectivity index (χ1) is 14.4. The van der Waals surface area contributed by atoms with Crippen molar-refractivity contribution in [3.63, 3.8) is 0 Å². The molecule has 0 saturated carbocycles. The first kappa shape index (κ1) is 21.9. The number of halogens is 1. The number of amides is 2. The molecule has 1 aromatic heterocycles. The van der Waals surface area contributed by atoms with Crippen molar-refractivity contribution in [2.45, 2.75) is 24.9 Å². The number of hydrogen-bond donors (Lipinski definition) is 2. The molecule has 0 saturated heterocycles. The number of nitrogens with zero attached hydrogens (tertiary/aromatic N) is 3. The van der Waals surface area contributed by atoms with Crippen LogP contribution in [0.25, 0.3) is 0 Å². The number of anilines is 2. The second-order valence-electron chi connectivity index (χ2n) is 6.67. The Balaban J connectivity index is 1.48. The van der Waals surface area contributed by atoms with Crippen molar-refractivity contribution in [1.82, 2.24) is 14.8 Å². The molecule has 0 aliphatic heterocycles. The highest BCUT2D eigenvalue weighted by Crippen LogP contribution is 2.21. The Morgan fingerprint density at radius 3 is 2.57 bits per heavy atom. The second kappa shape index (κ2) is 10.3. The smallest absolute Gasteiger partial charge is 0.234 e. The topological polar surface area (TPSA) is 88.9 Å². The third-order valence-electron chi connectivity index (χ3n) is 4.35. The minimum absolute atomic E-state index is 0.0869. The summed E-state index contributed by atoms with van der Waals surface area (Å²) in [6.45, 7) is 1.89. The Morgan fingerprint density at radius 2 is 1.83 bits per heavy atom. The highest BCUT2D eigenvalue weighted by molar-refractivity contribution is 7.99. The van der Waals surface area contributed by atoms with Crippen molar-refractivity contribution in [2.24, 2.45) is 7.05 Å². The third-order valence-corrected chi connectivity index (χ3v) is 5.61. The zero-order valence-electron chi connectivity index (χ0n) is 16.7. The predicted molar refractivity (Wildman–Crippen MR) is 120 cm³/mol. The van der Waals surface area contributed by atoms with E-state index in [9.17, 15) is 9.59 Å². The van der Waals surface area contributed by atoms with Gasteiger partial charge in [0.15, 0.2) is 5.16 Å². The van der Waals surface area contributed by atoms with Crippen LogP contribution in [0.2, 0.25) is 5.02 Å². The lowest BCUT2D eigenvalue weighted by Crippen LogP contribution is -2.15. The van der Waals surface area contributed by atoms with E-state index < -0.39 is 0 Å². The molecule has 0 aliphatic rings. The molecular weight excluding hydrogens is 422 g/mol. The molecule has 3 rings (SSSR count). The number of nitrogens with one attached hydrogen (secondary N) is 2. The maximum atomic E-state index is 12.3. The number of carbonyl (C=O) groups is 2. The number of benzene rings is 2. The van der Waals surface area contributed by atoms with E-state index in [0.29, 0.717) is 28.8 Å². The molecule has 0 aliphatic carbocycles. The Morgan fingerprint density at radius 1 is 1.07 bits per heavy atom. The lowest BCUT2D eigenvalue weighted by Gasteiger charge is -2.08. The molecule has 0 bridgehead atoms. The first-order valence-electron chi connectivity index (χ1n) is 9.34. The molecule has 0 fully saturated rings. The van der Waals surface area contributed by atoms with Crippen LogP contribution in [0.1, 0.15) is 17.8 Å². The van der Waals surface area contributed by atoms with Gasteiger partial charge in [-0.2, -0.15) is 0 Å². The molecule has 0 spiro atoms. The fourth-order valence-corrected chi connectivity index (χ4v) is 3.70. The highest BCUT2D eigenvalue weighted by Gasteiger charge is 2.13. The van der Waals surface area contributed by atoms with Gasteiger partial charge >= 0.3 is 0 Å². The summed E-state index contributed by atoms with van der Waals surface area (Å²) in [5.41, 5.74) is 2.39. The van der Waals surface area contributed by atoms with Crippen LogP contribution in [-0.2, 0) is 23.1 Å². The van der Waals surface area contributed by atoms with Gasteiger partial charge in [-0.25, -0.2) is 0 Å². The SMILES string of the molecule is Cc1cc(Cl)ccc1NC(=O)CSc1nnc(CCC(=O)Nc2ccccc2)n1C. The minimum atomic E-state index is -0.141. The van der Waals surface area contributed by atoms with E-state index in [1.165, 1.54) is 11.8 Å². The molecule has 2 N–H and O–H groups in total.